The van der Waals surface area contributed by atoms with Crippen molar-refractivity contribution in [2.45, 2.75) is 46.2 Å². The highest BCUT2D eigenvalue weighted by molar-refractivity contribution is 5.87. The van der Waals surface area contributed by atoms with E-state index in [4.69, 9.17) is 4.74 Å². The molecule has 0 aromatic heterocycles. The number of hydrogen-bond acceptors (Lipinski definition) is 3. The quantitative estimate of drug-likeness (QED) is 0.661. The number of aryl methyl sites for hydroxylation is 1. The van der Waals surface area contributed by atoms with Gasteiger partial charge in [-0.2, -0.15) is 0 Å². The van der Waals surface area contributed by atoms with Crippen molar-refractivity contribution in [1.82, 2.24) is 10.2 Å². The van der Waals surface area contributed by atoms with E-state index in [1.54, 1.807) is 25.1 Å². The number of carbonyl (C=O) groups excluding carboxylic acids is 2. The molecule has 6 heteroatoms. The third kappa shape index (κ3) is 6.59. The molecule has 1 atom stereocenters. The molecule has 1 N–H and O–H groups in total. The van der Waals surface area contributed by atoms with Gasteiger partial charge in [0.05, 0.1) is 0 Å². The van der Waals surface area contributed by atoms with Crippen LogP contribution in [0.25, 0.3) is 0 Å². The maximum atomic E-state index is 14.1. The van der Waals surface area contributed by atoms with Crippen LogP contribution in [0.15, 0.2) is 48.5 Å². The number of nitrogens with zero attached hydrogens (tertiary/aromatic N) is 1. The van der Waals surface area contributed by atoms with Gasteiger partial charge in [0.2, 0.25) is 5.91 Å². The van der Waals surface area contributed by atoms with Gasteiger partial charge in [-0.15, -0.1) is 0 Å². The van der Waals surface area contributed by atoms with E-state index in [-0.39, 0.29) is 25.0 Å². The monoisotopic (exact) mass is 400 g/mol. The number of rotatable bonds is 10. The van der Waals surface area contributed by atoms with Gasteiger partial charge >= 0.3 is 0 Å². The third-order valence-corrected chi connectivity index (χ3v) is 4.71. The van der Waals surface area contributed by atoms with Crippen LogP contribution in [0.4, 0.5) is 4.39 Å². The Morgan fingerprint density at radius 3 is 2.41 bits per heavy atom. The molecule has 0 aliphatic carbocycles. The molecule has 2 rings (SSSR count). The van der Waals surface area contributed by atoms with Crippen LogP contribution >= 0.6 is 0 Å². The first-order valence-corrected chi connectivity index (χ1v) is 9.98. The first-order valence-electron chi connectivity index (χ1n) is 9.98. The van der Waals surface area contributed by atoms with Gasteiger partial charge in [-0.05, 0) is 43.5 Å². The van der Waals surface area contributed by atoms with Gasteiger partial charge < -0.3 is 15.0 Å². The SMILES string of the molecule is CCCNC(=O)[C@H](C)N(Cc1ccccc1F)C(=O)COc1ccc(CC)cc1. The molecule has 0 bridgehead atoms. The molecule has 2 aromatic rings. The summed E-state index contributed by atoms with van der Waals surface area (Å²) < 4.78 is 19.7. The van der Waals surface area contributed by atoms with Crippen LogP contribution in [-0.2, 0) is 22.6 Å². The fourth-order valence-electron chi connectivity index (χ4n) is 2.84. The minimum absolute atomic E-state index is 0.00957. The van der Waals surface area contributed by atoms with E-state index in [0.29, 0.717) is 17.9 Å². The van der Waals surface area contributed by atoms with Crippen LogP contribution in [0.2, 0.25) is 0 Å². The number of ether oxygens (including phenoxy) is 1. The summed E-state index contributed by atoms with van der Waals surface area (Å²) in [5, 5.41) is 2.79. The summed E-state index contributed by atoms with van der Waals surface area (Å²) in [5.74, 6) is -0.497. The van der Waals surface area contributed by atoms with Crippen molar-refractivity contribution in [2.75, 3.05) is 13.2 Å². The topological polar surface area (TPSA) is 58.6 Å². The second-order valence-corrected chi connectivity index (χ2v) is 6.87. The van der Waals surface area contributed by atoms with Crippen molar-refractivity contribution < 1.29 is 18.7 Å². The Labute approximate surface area is 171 Å². The van der Waals surface area contributed by atoms with Crippen molar-refractivity contribution >= 4 is 11.8 Å². The lowest BCUT2D eigenvalue weighted by Gasteiger charge is -2.28. The first kappa shape index (κ1) is 22.4. The van der Waals surface area contributed by atoms with E-state index >= 15 is 0 Å². The summed E-state index contributed by atoms with van der Waals surface area (Å²) in [6.45, 7) is 5.93. The van der Waals surface area contributed by atoms with E-state index in [1.165, 1.54) is 16.5 Å². The largest absolute Gasteiger partial charge is 0.484 e. The van der Waals surface area contributed by atoms with Crippen LogP contribution in [0.1, 0.15) is 38.3 Å². The second kappa shape index (κ2) is 11.2. The molecule has 0 radical (unpaired) electrons. The summed E-state index contributed by atoms with van der Waals surface area (Å²) in [5.41, 5.74) is 1.52. The van der Waals surface area contributed by atoms with Crippen LogP contribution in [-0.4, -0.2) is 35.9 Å². The number of benzene rings is 2. The molecule has 0 aliphatic heterocycles. The van der Waals surface area contributed by atoms with Gasteiger partial charge in [0.25, 0.3) is 5.91 Å². The fraction of sp³-hybridized carbons (Fsp3) is 0.391. The maximum Gasteiger partial charge on any atom is 0.261 e. The molecule has 2 amide bonds. The number of hydrogen-bond donors (Lipinski definition) is 1. The smallest absolute Gasteiger partial charge is 0.261 e. The van der Waals surface area contributed by atoms with E-state index in [9.17, 15) is 14.0 Å². The average Bonchev–Trinajstić information content (AvgIpc) is 2.75. The van der Waals surface area contributed by atoms with E-state index < -0.39 is 11.9 Å². The number of carbonyl (C=O) groups is 2. The zero-order valence-electron chi connectivity index (χ0n) is 17.3. The normalized spacial score (nSPS) is 11.6. The maximum absolute atomic E-state index is 14.1. The molecule has 0 aliphatic rings. The Bertz CT molecular complexity index is 808. The average molecular weight is 400 g/mol. The van der Waals surface area contributed by atoms with Crippen molar-refractivity contribution in [1.29, 1.82) is 0 Å². The highest BCUT2D eigenvalue weighted by Gasteiger charge is 2.27. The number of nitrogens with one attached hydrogen (secondary N) is 1. The third-order valence-electron chi connectivity index (χ3n) is 4.71. The molecule has 0 fully saturated rings. The molecule has 0 spiro atoms. The summed E-state index contributed by atoms with van der Waals surface area (Å²) in [6.07, 6.45) is 1.70. The lowest BCUT2D eigenvalue weighted by Crippen LogP contribution is -2.49. The van der Waals surface area contributed by atoms with Gasteiger partial charge in [-0.3, -0.25) is 9.59 Å². The molecule has 0 unspecified atom stereocenters. The van der Waals surface area contributed by atoms with Crippen LogP contribution in [0.3, 0.4) is 0 Å². The van der Waals surface area contributed by atoms with Gasteiger partial charge in [-0.1, -0.05) is 44.2 Å². The molecule has 29 heavy (non-hydrogen) atoms. The van der Waals surface area contributed by atoms with E-state index in [0.717, 1.165) is 12.8 Å². The highest BCUT2D eigenvalue weighted by Crippen LogP contribution is 2.15. The van der Waals surface area contributed by atoms with Crippen LogP contribution < -0.4 is 10.1 Å². The van der Waals surface area contributed by atoms with Crippen molar-refractivity contribution in [3.05, 3.63) is 65.5 Å². The molecule has 2 aromatic carbocycles. The van der Waals surface area contributed by atoms with Gasteiger partial charge in [0.1, 0.15) is 17.6 Å². The first-order chi connectivity index (χ1) is 14.0. The van der Waals surface area contributed by atoms with E-state index in [2.05, 4.69) is 12.2 Å². The molecule has 0 heterocycles. The van der Waals surface area contributed by atoms with E-state index in [1.807, 2.05) is 31.2 Å². The minimum atomic E-state index is -0.750. The lowest BCUT2D eigenvalue weighted by atomic mass is 10.1. The molecule has 0 saturated carbocycles. The molecule has 5 nitrogen and oxygen atoms in total. The zero-order valence-corrected chi connectivity index (χ0v) is 17.3. The molecule has 156 valence electrons. The predicted molar refractivity (Wildman–Crippen MR) is 111 cm³/mol. The van der Waals surface area contributed by atoms with Crippen molar-refractivity contribution in [3.63, 3.8) is 0 Å². The minimum Gasteiger partial charge on any atom is -0.484 e. The summed E-state index contributed by atoms with van der Waals surface area (Å²) >= 11 is 0. The van der Waals surface area contributed by atoms with Crippen LogP contribution in [0, 0.1) is 5.82 Å². The Hall–Kier alpha value is -2.89. The van der Waals surface area contributed by atoms with Gasteiger partial charge in [-0.25, -0.2) is 4.39 Å². The zero-order chi connectivity index (χ0) is 21.2. The summed E-state index contributed by atoms with van der Waals surface area (Å²) in [6, 6.07) is 13.0. The van der Waals surface area contributed by atoms with Gasteiger partial charge in [0, 0.05) is 18.7 Å². The predicted octanol–water partition coefficient (Wildman–Crippen LogP) is 3.71. The highest BCUT2D eigenvalue weighted by atomic mass is 19.1. The number of halogens is 1. The fourth-order valence-corrected chi connectivity index (χ4v) is 2.84. The second-order valence-electron chi connectivity index (χ2n) is 6.87. The molecule has 0 saturated heterocycles. The van der Waals surface area contributed by atoms with Crippen LogP contribution in [0.5, 0.6) is 5.75 Å². The number of amides is 2. The lowest BCUT2D eigenvalue weighted by molar-refractivity contribution is -0.142. The van der Waals surface area contributed by atoms with Crippen molar-refractivity contribution in [2.24, 2.45) is 0 Å². The van der Waals surface area contributed by atoms with Gasteiger partial charge in [0.15, 0.2) is 6.61 Å². The molecular weight excluding hydrogens is 371 g/mol. The van der Waals surface area contributed by atoms with Crippen molar-refractivity contribution in [3.8, 4) is 5.75 Å². The Balaban J connectivity index is 2.12. The summed E-state index contributed by atoms with van der Waals surface area (Å²) in [7, 11) is 0. The Kier molecular flexibility index (Phi) is 8.65. The summed E-state index contributed by atoms with van der Waals surface area (Å²) in [4.78, 5) is 26.7. The molecular formula is C23H29FN2O3. The Morgan fingerprint density at radius 1 is 1.10 bits per heavy atom. The standard InChI is InChI=1S/C23H29FN2O3/c1-4-14-25-23(28)17(3)26(15-19-8-6-7-9-21(19)24)22(27)16-29-20-12-10-18(5-2)11-13-20/h6-13,17H,4-5,14-16H2,1-3H3,(H,25,28)/t17-/m0/s1. The Morgan fingerprint density at radius 2 is 1.79 bits per heavy atom.